The predicted octanol–water partition coefficient (Wildman–Crippen LogP) is 1.53. The maximum Gasteiger partial charge on any atom is 0.231 e. The SMILES string of the molecule is CC(C)c1c(C(O)CN)ccc2c1OCO2. The van der Waals surface area contributed by atoms with Crippen molar-refractivity contribution in [2.45, 2.75) is 25.9 Å². The first-order chi connectivity index (χ1) is 7.65. The predicted molar refractivity (Wildman–Crippen MR) is 60.7 cm³/mol. The fourth-order valence-corrected chi connectivity index (χ4v) is 2.02. The van der Waals surface area contributed by atoms with E-state index in [4.69, 9.17) is 15.2 Å². The molecule has 0 saturated carbocycles. The normalized spacial score (nSPS) is 15.6. The first-order valence-corrected chi connectivity index (χ1v) is 5.45. The Kier molecular flexibility index (Phi) is 3.03. The van der Waals surface area contributed by atoms with Gasteiger partial charge in [-0.3, -0.25) is 0 Å². The lowest BCUT2D eigenvalue weighted by molar-refractivity contribution is 0.171. The van der Waals surface area contributed by atoms with Crippen LogP contribution < -0.4 is 15.2 Å². The van der Waals surface area contributed by atoms with E-state index < -0.39 is 6.10 Å². The van der Waals surface area contributed by atoms with Crippen LogP contribution in [0.25, 0.3) is 0 Å². The molecule has 1 atom stereocenters. The van der Waals surface area contributed by atoms with Gasteiger partial charge >= 0.3 is 0 Å². The number of rotatable bonds is 3. The van der Waals surface area contributed by atoms with Gasteiger partial charge in [0.2, 0.25) is 6.79 Å². The van der Waals surface area contributed by atoms with E-state index in [1.54, 1.807) is 0 Å². The minimum absolute atomic E-state index is 0.208. The Morgan fingerprint density at radius 2 is 2.12 bits per heavy atom. The van der Waals surface area contributed by atoms with E-state index in [1.165, 1.54) is 0 Å². The molecule has 88 valence electrons. The zero-order chi connectivity index (χ0) is 11.7. The van der Waals surface area contributed by atoms with Crippen molar-refractivity contribution in [3.8, 4) is 11.5 Å². The Labute approximate surface area is 95.0 Å². The van der Waals surface area contributed by atoms with Crippen molar-refractivity contribution in [3.63, 3.8) is 0 Å². The van der Waals surface area contributed by atoms with Gasteiger partial charge in [0.15, 0.2) is 11.5 Å². The van der Waals surface area contributed by atoms with Crippen LogP contribution in [0.4, 0.5) is 0 Å². The van der Waals surface area contributed by atoms with Gasteiger partial charge in [0, 0.05) is 12.1 Å². The molecule has 1 aromatic carbocycles. The van der Waals surface area contributed by atoms with Crippen LogP contribution in [-0.2, 0) is 0 Å². The summed E-state index contributed by atoms with van der Waals surface area (Å²) in [5.74, 6) is 1.75. The third-order valence-electron chi connectivity index (χ3n) is 2.77. The van der Waals surface area contributed by atoms with Gasteiger partial charge in [-0.05, 0) is 17.5 Å². The molecule has 2 rings (SSSR count). The standard InChI is InChI=1S/C12H17NO3/c1-7(2)11-8(9(14)5-13)3-4-10-12(11)16-6-15-10/h3-4,7,9,14H,5-6,13H2,1-2H3. The van der Waals surface area contributed by atoms with E-state index in [-0.39, 0.29) is 19.3 Å². The number of fused-ring (bicyclic) bond motifs is 1. The van der Waals surface area contributed by atoms with E-state index in [9.17, 15) is 5.11 Å². The minimum atomic E-state index is -0.646. The highest BCUT2D eigenvalue weighted by molar-refractivity contribution is 5.54. The number of benzene rings is 1. The van der Waals surface area contributed by atoms with Crippen LogP contribution in [0.15, 0.2) is 12.1 Å². The molecule has 1 unspecified atom stereocenters. The van der Waals surface area contributed by atoms with Crippen LogP contribution >= 0.6 is 0 Å². The fraction of sp³-hybridized carbons (Fsp3) is 0.500. The highest BCUT2D eigenvalue weighted by atomic mass is 16.7. The minimum Gasteiger partial charge on any atom is -0.454 e. The van der Waals surface area contributed by atoms with Gasteiger partial charge in [0.05, 0.1) is 6.10 Å². The fourth-order valence-electron chi connectivity index (χ4n) is 2.02. The second-order valence-electron chi connectivity index (χ2n) is 4.21. The van der Waals surface area contributed by atoms with E-state index >= 15 is 0 Å². The molecule has 1 aliphatic rings. The molecular formula is C12H17NO3. The Hall–Kier alpha value is -1.26. The van der Waals surface area contributed by atoms with Crippen LogP contribution in [0, 0.1) is 0 Å². The number of nitrogens with two attached hydrogens (primary N) is 1. The summed E-state index contributed by atoms with van der Waals surface area (Å²) in [5, 5.41) is 9.87. The smallest absolute Gasteiger partial charge is 0.231 e. The number of ether oxygens (including phenoxy) is 2. The summed E-state index contributed by atoms with van der Waals surface area (Å²) >= 11 is 0. The third kappa shape index (κ3) is 1.74. The van der Waals surface area contributed by atoms with Crippen molar-refractivity contribution in [1.82, 2.24) is 0 Å². The van der Waals surface area contributed by atoms with Crippen LogP contribution in [-0.4, -0.2) is 18.4 Å². The Bertz CT molecular complexity index is 390. The largest absolute Gasteiger partial charge is 0.454 e. The van der Waals surface area contributed by atoms with Gasteiger partial charge in [-0.2, -0.15) is 0 Å². The lowest BCUT2D eigenvalue weighted by Crippen LogP contribution is -2.14. The van der Waals surface area contributed by atoms with Crippen molar-refractivity contribution in [3.05, 3.63) is 23.3 Å². The summed E-state index contributed by atoms with van der Waals surface area (Å²) in [6, 6.07) is 3.68. The number of hydrogen-bond acceptors (Lipinski definition) is 4. The number of hydrogen-bond donors (Lipinski definition) is 2. The highest BCUT2D eigenvalue weighted by Gasteiger charge is 2.24. The van der Waals surface area contributed by atoms with Crippen molar-refractivity contribution in [2.24, 2.45) is 5.73 Å². The molecule has 3 N–H and O–H groups in total. The molecule has 16 heavy (non-hydrogen) atoms. The second-order valence-corrected chi connectivity index (χ2v) is 4.21. The van der Waals surface area contributed by atoms with E-state index in [0.717, 1.165) is 22.6 Å². The quantitative estimate of drug-likeness (QED) is 0.815. The lowest BCUT2D eigenvalue weighted by Gasteiger charge is -2.18. The lowest BCUT2D eigenvalue weighted by atomic mass is 9.92. The Morgan fingerprint density at radius 3 is 2.75 bits per heavy atom. The maximum atomic E-state index is 9.87. The number of aliphatic hydroxyl groups is 1. The zero-order valence-corrected chi connectivity index (χ0v) is 9.56. The van der Waals surface area contributed by atoms with Crippen LogP contribution in [0.1, 0.15) is 37.0 Å². The monoisotopic (exact) mass is 223 g/mol. The first kappa shape index (κ1) is 11.2. The summed E-state index contributed by atoms with van der Waals surface area (Å²) < 4.78 is 10.8. The van der Waals surface area contributed by atoms with Crippen LogP contribution in [0.3, 0.4) is 0 Å². The van der Waals surface area contributed by atoms with Crippen molar-refractivity contribution >= 4 is 0 Å². The molecule has 1 aromatic rings. The molecule has 4 nitrogen and oxygen atoms in total. The van der Waals surface area contributed by atoms with Gasteiger partial charge in [-0.25, -0.2) is 0 Å². The molecule has 0 radical (unpaired) electrons. The molecular weight excluding hydrogens is 206 g/mol. The summed E-state index contributed by atoms with van der Waals surface area (Å²) in [6.07, 6.45) is -0.646. The third-order valence-corrected chi connectivity index (χ3v) is 2.77. The van der Waals surface area contributed by atoms with Crippen molar-refractivity contribution < 1.29 is 14.6 Å². The van der Waals surface area contributed by atoms with Gasteiger partial charge in [0.25, 0.3) is 0 Å². The van der Waals surface area contributed by atoms with Gasteiger partial charge in [0.1, 0.15) is 0 Å². The highest BCUT2D eigenvalue weighted by Crippen LogP contribution is 2.42. The molecule has 0 spiro atoms. The van der Waals surface area contributed by atoms with Gasteiger partial charge in [-0.1, -0.05) is 19.9 Å². The van der Waals surface area contributed by atoms with Gasteiger partial charge < -0.3 is 20.3 Å². The summed E-state index contributed by atoms with van der Waals surface area (Å²) in [6.45, 7) is 4.57. The molecule has 0 fully saturated rings. The molecule has 1 aliphatic heterocycles. The Balaban J connectivity index is 2.53. The van der Waals surface area contributed by atoms with Crippen molar-refractivity contribution in [1.29, 1.82) is 0 Å². The summed E-state index contributed by atoms with van der Waals surface area (Å²) in [4.78, 5) is 0. The molecule has 0 aliphatic carbocycles. The molecule has 4 heteroatoms. The second kappa shape index (κ2) is 4.31. The van der Waals surface area contributed by atoms with E-state index in [1.807, 2.05) is 12.1 Å². The van der Waals surface area contributed by atoms with E-state index in [0.29, 0.717) is 0 Å². The maximum absolute atomic E-state index is 9.87. The zero-order valence-electron chi connectivity index (χ0n) is 9.56. The van der Waals surface area contributed by atoms with E-state index in [2.05, 4.69) is 13.8 Å². The van der Waals surface area contributed by atoms with Crippen LogP contribution in [0.2, 0.25) is 0 Å². The summed E-state index contributed by atoms with van der Waals surface area (Å²) in [7, 11) is 0. The number of aliphatic hydroxyl groups excluding tert-OH is 1. The Morgan fingerprint density at radius 1 is 1.38 bits per heavy atom. The molecule has 0 saturated heterocycles. The first-order valence-electron chi connectivity index (χ1n) is 5.45. The molecule has 0 bridgehead atoms. The topological polar surface area (TPSA) is 64.7 Å². The van der Waals surface area contributed by atoms with Crippen LogP contribution in [0.5, 0.6) is 11.5 Å². The van der Waals surface area contributed by atoms with Gasteiger partial charge in [-0.15, -0.1) is 0 Å². The molecule has 1 heterocycles. The average molecular weight is 223 g/mol. The molecule has 0 amide bonds. The van der Waals surface area contributed by atoms with Crippen molar-refractivity contribution in [2.75, 3.05) is 13.3 Å². The molecule has 0 aromatic heterocycles. The average Bonchev–Trinajstić information content (AvgIpc) is 2.73. The summed E-state index contributed by atoms with van der Waals surface area (Å²) in [5.41, 5.74) is 7.32.